The normalized spacial score (nSPS) is 10.8. The molecule has 9 heteroatoms. The van der Waals surface area contributed by atoms with Crippen LogP contribution in [0.4, 0.5) is 6.01 Å². The lowest BCUT2D eigenvalue weighted by atomic mass is 10.1. The molecule has 0 bridgehead atoms. The SMILES string of the molecule is Cn1ccc(-c2nnc(NC(=O)c3cc(-c4ccccc4)on3)o2)n1. The number of hydrogen-bond acceptors (Lipinski definition) is 7. The lowest BCUT2D eigenvalue weighted by molar-refractivity contribution is 0.101. The highest BCUT2D eigenvalue weighted by molar-refractivity contribution is 6.02. The maximum Gasteiger partial charge on any atom is 0.322 e. The summed E-state index contributed by atoms with van der Waals surface area (Å²) in [6.07, 6.45) is 1.75. The predicted octanol–water partition coefficient (Wildman–Crippen LogP) is 2.38. The lowest BCUT2D eigenvalue weighted by Gasteiger charge is -1.94. The zero-order valence-electron chi connectivity index (χ0n) is 13.1. The molecule has 1 N–H and O–H groups in total. The van der Waals surface area contributed by atoms with Gasteiger partial charge in [-0.1, -0.05) is 40.6 Å². The van der Waals surface area contributed by atoms with Crippen LogP contribution >= 0.6 is 0 Å². The average Bonchev–Trinajstić information content (AvgIpc) is 3.35. The summed E-state index contributed by atoms with van der Waals surface area (Å²) in [5.41, 5.74) is 1.45. The zero-order chi connectivity index (χ0) is 17.2. The van der Waals surface area contributed by atoms with E-state index in [4.69, 9.17) is 8.94 Å². The van der Waals surface area contributed by atoms with Crippen LogP contribution in [0.5, 0.6) is 0 Å². The zero-order valence-corrected chi connectivity index (χ0v) is 13.1. The van der Waals surface area contributed by atoms with Crippen LogP contribution < -0.4 is 5.32 Å². The molecule has 0 aliphatic rings. The number of aryl methyl sites for hydroxylation is 1. The van der Waals surface area contributed by atoms with E-state index < -0.39 is 5.91 Å². The molecule has 3 heterocycles. The third-order valence-electron chi connectivity index (χ3n) is 3.38. The molecule has 124 valence electrons. The second-order valence-corrected chi connectivity index (χ2v) is 5.18. The summed E-state index contributed by atoms with van der Waals surface area (Å²) in [5.74, 6) is 0.189. The molecule has 0 saturated carbocycles. The van der Waals surface area contributed by atoms with Gasteiger partial charge in [0.25, 0.3) is 11.8 Å². The third-order valence-corrected chi connectivity index (χ3v) is 3.38. The number of carbonyl (C=O) groups excluding carboxylic acids is 1. The summed E-state index contributed by atoms with van der Waals surface area (Å²) in [7, 11) is 1.78. The van der Waals surface area contributed by atoms with Crippen LogP contribution in [0.2, 0.25) is 0 Å². The number of amides is 1. The van der Waals surface area contributed by atoms with Crippen LogP contribution in [-0.2, 0) is 7.05 Å². The molecule has 0 aliphatic carbocycles. The Morgan fingerprint density at radius 1 is 1.16 bits per heavy atom. The average molecular weight is 336 g/mol. The van der Waals surface area contributed by atoms with Gasteiger partial charge in [-0.25, -0.2) is 0 Å². The second-order valence-electron chi connectivity index (χ2n) is 5.18. The Kier molecular flexibility index (Phi) is 3.58. The monoisotopic (exact) mass is 336 g/mol. The third kappa shape index (κ3) is 3.02. The maximum absolute atomic E-state index is 12.2. The van der Waals surface area contributed by atoms with E-state index in [1.807, 2.05) is 30.3 Å². The van der Waals surface area contributed by atoms with E-state index in [1.54, 1.807) is 30.1 Å². The topological polar surface area (TPSA) is 112 Å². The molecule has 0 spiro atoms. The van der Waals surface area contributed by atoms with Crippen LogP contribution in [0.15, 0.2) is 57.6 Å². The number of rotatable bonds is 4. The first-order valence-corrected chi connectivity index (χ1v) is 7.36. The molecule has 0 saturated heterocycles. The van der Waals surface area contributed by atoms with Crippen LogP contribution in [0, 0.1) is 0 Å². The molecule has 0 radical (unpaired) electrons. The maximum atomic E-state index is 12.2. The predicted molar refractivity (Wildman–Crippen MR) is 86.4 cm³/mol. The van der Waals surface area contributed by atoms with Crippen LogP contribution in [0.3, 0.4) is 0 Å². The van der Waals surface area contributed by atoms with Crippen molar-refractivity contribution >= 4 is 11.9 Å². The smallest absolute Gasteiger partial charge is 0.322 e. The van der Waals surface area contributed by atoms with Gasteiger partial charge in [0.15, 0.2) is 11.5 Å². The summed E-state index contributed by atoms with van der Waals surface area (Å²) in [5, 5.41) is 18.0. The number of benzene rings is 1. The molecule has 0 fully saturated rings. The van der Waals surface area contributed by atoms with Crippen molar-refractivity contribution in [3.8, 4) is 22.9 Å². The molecular weight excluding hydrogens is 324 g/mol. The van der Waals surface area contributed by atoms with E-state index in [2.05, 4.69) is 25.8 Å². The van der Waals surface area contributed by atoms with Gasteiger partial charge in [-0.2, -0.15) is 5.10 Å². The number of nitrogens with one attached hydrogen (secondary N) is 1. The molecule has 4 rings (SSSR count). The van der Waals surface area contributed by atoms with E-state index in [0.717, 1.165) is 5.56 Å². The second kappa shape index (κ2) is 6.04. The van der Waals surface area contributed by atoms with Crippen molar-refractivity contribution in [3.63, 3.8) is 0 Å². The van der Waals surface area contributed by atoms with Gasteiger partial charge in [0.2, 0.25) is 0 Å². The Bertz CT molecular complexity index is 1020. The number of nitrogens with zero attached hydrogens (tertiary/aromatic N) is 5. The summed E-state index contributed by atoms with van der Waals surface area (Å²) in [4.78, 5) is 12.2. The summed E-state index contributed by atoms with van der Waals surface area (Å²) in [6, 6.07) is 12.6. The Morgan fingerprint density at radius 2 is 2.00 bits per heavy atom. The van der Waals surface area contributed by atoms with Crippen molar-refractivity contribution in [1.82, 2.24) is 25.1 Å². The Labute approximate surface area is 141 Å². The Balaban J connectivity index is 1.49. The highest BCUT2D eigenvalue weighted by atomic mass is 16.5. The van der Waals surface area contributed by atoms with Crippen molar-refractivity contribution < 1.29 is 13.7 Å². The molecule has 1 amide bonds. The Hall–Kier alpha value is -3.75. The molecule has 25 heavy (non-hydrogen) atoms. The summed E-state index contributed by atoms with van der Waals surface area (Å²) < 4.78 is 12.2. The number of aromatic nitrogens is 5. The van der Waals surface area contributed by atoms with Gasteiger partial charge < -0.3 is 8.94 Å². The molecule has 0 aliphatic heterocycles. The highest BCUT2D eigenvalue weighted by Gasteiger charge is 2.17. The molecular formula is C16H12N6O3. The molecule has 3 aromatic heterocycles. The molecule has 1 aromatic carbocycles. The minimum absolute atomic E-state index is 0.0464. The van der Waals surface area contributed by atoms with Crippen molar-refractivity contribution in [3.05, 3.63) is 54.4 Å². The van der Waals surface area contributed by atoms with Crippen LogP contribution in [-0.4, -0.2) is 31.0 Å². The standard InChI is InChI=1S/C16H12N6O3/c1-22-8-7-11(20-22)15-18-19-16(24-15)17-14(23)12-9-13(25-21-12)10-5-3-2-4-6-10/h2-9H,1H3,(H,17,19,23). The van der Waals surface area contributed by atoms with Gasteiger partial charge in [0.05, 0.1) is 0 Å². The first-order chi connectivity index (χ1) is 12.2. The van der Waals surface area contributed by atoms with E-state index in [1.165, 1.54) is 0 Å². The largest absolute Gasteiger partial charge is 0.401 e. The highest BCUT2D eigenvalue weighted by Crippen LogP contribution is 2.21. The first kappa shape index (κ1) is 14.8. The first-order valence-electron chi connectivity index (χ1n) is 7.36. The van der Waals surface area contributed by atoms with E-state index in [-0.39, 0.29) is 17.6 Å². The van der Waals surface area contributed by atoms with E-state index >= 15 is 0 Å². The van der Waals surface area contributed by atoms with Gasteiger partial charge >= 0.3 is 6.01 Å². The van der Waals surface area contributed by atoms with Crippen molar-refractivity contribution in [2.75, 3.05) is 5.32 Å². The van der Waals surface area contributed by atoms with Gasteiger partial charge in [-0.3, -0.25) is 14.8 Å². The molecule has 0 unspecified atom stereocenters. The molecule has 0 atom stereocenters. The fraction of sp³-hybridized carbons (Fsp3) is 0.0625. The van der Waals surface area contributed by atoms with Crippen molar-refractivity contribution in [2.45, 2.75) is 0 Å². The quantitative estimate of drug-likeness (QED) is 0.609. The summed E-state index contributed by atoms with van der Waals surface area (Å²) in [6.45, 7) is 0. The molecule has 4 aromatic rings. The van der Waals surface area contributed by atoms with Gasteiger partial charge in [0.1, 0.15) is 5.69 Å². The Morgan fingerprint density at radius 3 is 2.76 bits per heavy atom. The van der Waals surface area contributed by atoms with Gasteiger partial charge in [0, 0.05) is 24.9 Å². The van der Waals surface area contributed by atoms with Crippen molar-refractivity contribution in [2.24, 2.45) is 7.05 Å². The minimum atomic E-state index is -0.512. The molecule has 9 nitrogen and oxygen atoms in total. The van der Waals surface area contributed by atoms with Crippen LogP contribution in [0.1, 0.15) is 10.5 Å². The van der Waals surface area contributed by atoms with Crippen molar-refractivity contribution in [1.29, 1.82) is 0 Å². The fourth-order valence-electron chi connectivity index (χ4n) is 2.19. The van der Waals surface area contributed by atoms with Crippen LogP contribution in [0.25, 0.3) is 22.9 Å². The minimum Gasteiger partial charge on any atom is -0.401 e. The van der Waals surface area contributed by atoms with Gasteiger partial charge in [-0.05, 0) is 6.07 Å². The van der Waals surface area contributed by atoms with E-state index in [9.17, 15) is 4.79 Å². The summed E-state index contributed by atoms with van der Waals surface area (Å²) >= 11 is 0. The number of hydrogen-bond donors (Lipinski definition) is 1. The number of anilines is 1. The fourth-order valence-corrected chi connectivity index (χ4v) is 2.19. The number of carbonyl (C=O) groups is 1. The van der Waals surface area contributed by atoms with Gasteiger partial charge in [-0.15, -0.1) is 5.10 Å². The van der Waals surface area contributed by atoms with E-state index in [0.29, 0.717) is 11.5 Å². The lowest BCUT2D eigenvalue weighted by Crippen LogP contribution is -2.12.